The van der Waals surface area contributed by atoms with Gasteiger partial charge in [-0.3, -0.25) is 0 Å². The lowest BCUT2D eigenvalue weighted by atomic mass is 9.83. The quantitative estimate of drug-likeness (QED) is 0.582. The molecule has 3 heteroatoms. The largest absolute Gasteiger partial charge is 0.486 e. The molecule has 0 bridgehead atoms. The lowest BCUT2D eigenvalue weighted by Crippen LogP contribution is -2.43. The van der Waals surface area contributed by atoms with Gasteiger partial charge in [0.2, 0.25) is 0 Å². The molecule has 1 aromatic carbocycles. The zero-order valence-electron chi connectivity index (χ0n) is 9.90. The van der Waals surface area contributed by atoms with Gasteiger partial charge in [-0.15, -0.1) is 0 Å². The van der Waals surface area contributed by atoms with Crippen LogP contribution in [-0.4, -0.2) is 16.5 Å². The van der Waals surface area contributed by atoms with E-state index in [1.807, 2.05) is 24.3 Å². The van der Waals surface area contributed by atoms with Crippen LogP contribution in [0.5, 0.6) is 5.75 Å². The Morgan fingerprint density at radius 3 is 2.69 bits per heavy atom. The molecule has 86 valence electrons. The number of oxime groups is 1. The summed E-state index contributed by atoms with van der Waals surface area (Å²) < 4.78 is 6.02. The number of ether oxygens (including phenoxy) is 1. The molecule has 1 heterocycles. The van der Waals surface area contributed by atoms with Crippen molar-refractivity contribution in [3.8, 4) is 5.75 Å². The smallest absolute Gasteiger partial charge is 0.129 e. The van der Waals surface area contributed by atoms with E-state index in [2.05, 4.69) is 25.9 Å². The van der Waals surface area contributed by atoms with Gasteiger partial charge in [-0.2, -0.15) is 0 Å². The molecule has 1 unspecified atom stereocenters. The summed E-state index contributed by atoms with van der Waals surface area (Å²) in [5.74, 6) is 1.16. The second kappa shape index (κ2) is 3.81. The maximum absolute atomic E-state index is 9.08. The molecule has 0 fully saturated rings. The average molecular weight is 219 g/mol. The Hall–Kier alpha value is -1.51. The van der Waals surface area contributed by atoms with Gasteiger partial charge in [0.05, 0.1) is 5.71 Å². The van der Waals surface area contributed by atoms with Gasteiger partial charge in [0, 0.05) is 12.0 Å². The number of para-hydroxylation sites is 1. The predicted molar refractivity (Wildman–Crippen MR) is 63.3 cm³/mol. The van der Waals surface area contributed by atoms with Crippen LogP contribution in [0.15, 0.2) is 29.4 Å². The fraction of sp³-hybridized carbons (Fsp3) is 0.462. The second-order valence-electron chi connectivity index (χ2n) is 4.79. The Labute approximate surface area is 95.7 Å². The Kier molecular flexibility index (Phi) is 2.62. The average Bonchev–Trinajstić information content (AvgIpc) is 2.27. The molecule has 2 rings (SSSR count). The van der Waals surface area contributed by atoms with Crippen molar-refractivity contribution in [1.82, 2.24) is 0 Å². The summed E-state index contributed by atoms with van der Waals surface area (Å²) >= 11 is 0. The molecule has 1 aliphatic rings. The van der Waals surface area contributed by atoms with E-state index in [0.29, 0.717) is 18.1 Å². The van der Waals surface area contributed by atoms with Crippen molar-refractivity contribution < 1.29 is 9.94 Å². The van der Waals surface area contributed by atoms with E-state index in [-0.39, 0.29) is 5.60 Å². The van der Waals surface area contributed by atoms with Crippen molar-refractivity contribution in [3.63, 3.8) is 0 Å². The molecule has 16 heavy (non-hydrogen) atoms. The highest BCUT2D eigenvalue weighted by atomic mass is 16.5. The van der Waals surface area contributed by atoms with Crippen molar-refractivity contribution >= 4 is 5.71 Å². The molecule has 3 nitrogen and oxygen atoms in total. The molecule has 1 aromatic rings. The second-order valence-corrected chi connectivity index (χ2v) is 4.79. The van der Waals surface area contributed by atoms with Gasteiger partial charge in [0.15, 0.2) is 0 Å². The normalized spacial score (nSPS) is 26.6. The third-order valence-electron chi connectivity index (χ3n) is 3.40. The Morgan fingerprint density at radius 2 is 2.06 bits per heavy atom. The molecular formula is C13H17NO2. The summed E-state index contributed by atoms with van der Waals surface area (Å²) in [5, 5.41) is 12.5. The summed E-state index contributed by atoms with van der Waals surface area (Å²) in [6.07, 6.45) is 0.637. The van der Waals surface area contributed by atoms with Gasteiger partial charge >= 0.3 is 0 Å². The summed E-state index contributed by atoms with van der Waals surface area (Å²) in [4.78, 5) is 0. The first-order chi connectivity index (χ1) is 7.57. The van der Waals surface area contributed by atoms with Crippen LogP contribution < -0.4 is 4.74 Å². The third-order valence-corrected chi connectivity index (χ3v) is 3.40. The summed E-state index contributed by atoms with van der Waals surface area (Å²) in [6, 6.07) is 7.69. The van der Waals surface area contributed by atoms with E-state index in [1.165, 1.54) is 0 Å². The highest BCUT2D eigenvalue weighted by molar-refractivity contribution is 6.04. The van der Waals surface area contributed by atoms with Gasteiger partial charge < -0.3 is 9.94 Å². The first kappa shape index (κ1) is 11.0. The number of rotatable bonds is 1. The van der Waals surface area contributed by atoms with E-state index in [1.54, 1.807) is 0 Å². The van der Waals surface area contributed by atoms with Crippen molar-refractivity contribution in [3.05, 3.63) is 29.8 Å². The fourth-order valence-corrected chi connectivity index (χ4v) is 1.92. The van der Waals surface area contributed by atoms with Gasteiger partial charge in [-0.1, -0.05) is 31.1 Å². The van der Waals surface area contributed by atoms with Crippen LogP contribution in [0.25, 0.3) is 0 Å². The SMILES string of the molecule is CC(C)C1(C)C/C(=N\O)c2ccccc2O1. The molecule has 0 spiro atoms. The van der Waals surface area contributed by atoms with E-state index in [9.17, 15) is 0 Å². The molecule has 0 saturated carbocycles. The lowest BCUT2D eigenvalue weighted by Gasteiger charge is -2.39. The molecular weight excluding hydrogens is 202 g/mol. The maximum Gasteiger partial charge on any atom is 0.129 e. The van der Waals surface area contributed by atoms with E-state index >= 15 is 0 Å². The summed E-state index contributed by atoms with van der Waals surface area (Å²) in [5.41, 5.74) is 1.30. The van der Waals surface area contributed by atoms with Crippen LogP contribution in [-0.2, 0) is 0 Å². The molecule has 1 aliphatic heterocycles. The van der Waals surface area contributed by atoms with Crippen LogP contribution in [0.1, 0.15) is 32.8 Å². The van der Waals surface area contributed by atoms with Crippen molar-refractivity contribution in [2.45, 2.75) is 32.8 Å². The number of benzene rings is 1. The minimum Gasteiger partial charge on any atom is -0.486 e. The third kappa shape index (κ3) is 1.66. The van der Waals surface area contributed by atoms with Crippen molar-refractivity contribution in [2.24, 2.45) is 11.1 Å². The summed E-state index contributed by atoms with van der Waals surface area (Å²) in [7, 11) is 0. The van der Waals surface area contributed by atoms with Gasteiger partial charge in [-0.05, 0) is 25.0 Å². The topological polar surface area (TPSA) is 41.8 Å². The van der Waals surface area contributed by atoms with E-state index in [0.717, 1.165) is 11.3 Å². The molecule has 0 radical (unpaired) electrons. The minimum atomic E-state index is -0.296. The molecule has 0 aromatic heterocycles. The van der Waals surface area contributed by atoms with Crippen LogP contribution in [0, 0.1) is 5.92 Å². The number of hydrogen-bond donors (Lipinski definition) is 1. The van der Waals surface area contributed by atoms with Crippen LogP contribution >= 0.6 is 0 Å². The van der Waals surface area contributed by atoms with Gasteiger partial charge in [0.25, 0.3) is 0 Å². The molecule has 1 atom stereocenters. The van der Waals surface area contributed by atoms with Crippen LogP contribution in [0.2, 0.25) is 0 Å². The Bertz CT molecular complexity index is 426. The lowest BCUT2D eigenvalue weighted by molar-refractivity contribution is 0.0417. The number of nitrogens with zero attached hydrogens (tertiary/aromatic N) is 1. The number of fused-ring (bicyclic) bond motifs is 1. The standard InChI is InChI=1S/C13H17NO2/c1-9(2)13(3)8-11(14-15)10-6-4-5-7-12(10)16-13/h4-7,9,15H,8H2,1-3H3/b14-11+. The minimum absolute atomic E-state index is 0.296. The highest BCUT2D eigenvalue weighted by Crippen LogP contribution is 2.37. The summed E-state index contributed by atoms with van der Waals surface area (Å²) in [6.45, 7) is 6.28. The monoisotopic (exact) mass is 219 g/mol. The van der Waals surface area contributed by atoms with Crippen LogP contribution in [0.3, 0.4) is 0 Å². The fourth-order valence-electron chi connectivity index (χ4n) is 1.92. The van der Waals surface area contributed by atoms with Crippen LogP contribution in [0.4, 0.5) is 0 Å². The zero-order valence-corrected chi connectivity index (χ0v) is 9.90. The molecule has 0 amide bonds. The van der Waals surface area contributed by atoms with Crippen molar-refractivity contribution in [1.29, 1.82) is 0 Å². The first-order valence-corrected chi connectivity index (χ1v) is 5.56. The maximum atomic E-state index is 9.08. The Balaban J connectivity index is 2.48. The van der Waals surface area contributed by atoms with Gasteiger partial charge in [0.1, 0.15) is 11.4 Å². The number of hydrogen-bond acceptors (Lipinski definition) is 3. The Morgan fingerprint density at radius 1 is 1.38 bits per heavy atom. The highest BCUT2D eigenvalue weighted by Gasteiger charge is 2.38. The zero-order chi connectivity index (χ0) is 11.8. The molecule has 0 aliphatic carbocycles. The molecule has 1 N–H and O–H groups in total. The molecule has 0 saturated heterocycles. The van der Waals surface area contributed by atoms with E-state index in [4.69, 9.17) is 9.94 Å². The van der Waals surface area contributed by atoms with Gasteiger partial charge in [-0.25, -0.2) is 0 Å². The van der Waals surface area contributed by atoms with E-state index < -0.39 is 0 Å². The predicted octanol–water partition coefficient (Wildman–Crippen LogP) is 3.06. The first-order valence-electron chi connectivity index (χ1n) is 5.56. The van der Waals surface area contributed by atoms with Crippen molar-refractivity contribution in [2.75, 3.05) is 0 Å².